The molecule has 0 saturated heterocycles. The smallest absolute Gasteiger partial charge is 0.497 e. The Balaban J connectivity index is 0.000000128. The molecular weight excluding hydrogens is 1210 g/mol. The van der Waals surface area contributed by atoms with E-state index in [1.165, 1.54) is 12.1 Å². The molecule has 18 nitrogen and oxygen atoms in total. The van der Waals surface area contributed by atoms with Crippen LogP contribution in [0.2, 0.25) is 0 Å². The highest BCUT2D eigenvalue weighted by molar-refractivity contribution is 5.98. The summed E-state index contributed by atoms with van der Waals surface area (Å²) < 4.78 is 79.7. The Morgan fingerprint density at radius 3 is 1.18 bits per heavy atom. The fraction of sp³-hybridized carbons (Fsp3) is 0.297. The maximum absolute atomic E-state index is 13.4. The first kappa shape index (κ1) is 65.0. The average molecular weight is 1280 g/mol. The number of hydrogen-bond donors (Lipinski definition) is 4. The third-order valence-corrected chi connectivity index (χ3v) is 16.6. The van der Waals surface area contributed by atoms with Crippen LogP contribution < -0.4 is 68.6 Å². The molecule has 0 aliphatic carbocycles. The molecule has 94 heavy (non-hydrogen) atoms. The van der Waals surface area contributed by atoms with Crippen LogP contribution in [-0.4, -0.2) is 78.4 Å². The van der Waals surface area contributed by atoms with Crippen molar-refractivity contribution in [2.24, 2.45) is 11.8 Å². The first-order valence-electron chi connectivity index (χ1n) is 31.0. The molecule has 0 fully saturated rings. The van der Waals surface area contributed by atoms with Crippen LogP contribution in [0.25, 0.3) is 0 Å². The molecule has 6 heterocycles. The molecule has 4 unspecified atom stereocenters. The van der Waals surface area contributed by atoms with Gasteiger partial charge in [0, 0.05) is 95.4 Å². The number of alkyl halides is 2. The van der Waals surface area contributed by atoms with Crippen LogP contribution >= 0.6 is 0 Å². The predicted octanol–water partition coefficient (Wildman–Crippen LogP) is 14.8. The Morgan fingerprint density at radius 1 is 0.404 bits per heavy atom. The fourth-order valence-corrected chi connectivity index (χ4v) is 12.0. The first-order chi connectivity index (χ1) is 45.3. The van der Waals surface area contributed by atoms with Gasteiger partial charge in [0.25, 0.3) is 0 Å². The van der Waals surface area contributed by atoms with E-state index in [0.717, 1.165) is 90.5 Å². The lowest BCUT2D eigenvalue weighted by atomic mass is 9.84. The summed E-state index contributed by atoms with van der Waals surface area (Å²) in [7, 11) is 6.57. The number of rotatable bonds is 14. The molecule has 0 bridgehead atoms. The van der Waals surface area contributed by atoms with Crippen molar-refractivity contribution < 1.29 is 75.3 Å². The topological polar surface area (TPSA) is 209 Å². The van der Waals surface area contributed by atoms with Gasteiger partial charge in [-0.25, -0.2) is 0 Å². The van der Waals surface area contributed by atoms with Crippen LogP contribution in [-0.2, 0) is 19.2 Å². The number of hydrogen-bond acceptors (Lipinski definition) is 14. The van der Waals surface area contributed by atoms with Gasteiger partial charge in [0.1, 0.15) is 34.5 Å². The fourth-order valence-electron chi connectivity index (χ4n) is 12.0. The van der Waals surface area contributed by atoms with E-state index in [9.17, 15) is 28.0 Å². The number of carbonyl (C=O) groups excluding carboxylic acids is 4. The Kier molecular flexibility index (Phi) is 19.8. The molecule has 8 aromatic carbocycles. The third kappa shape index (κ3) is 15.0. The zero-order chi connectivity index (χ0) is 66.2. The minimum Gasteiger partial charge on any atom is -0.497 e. The van der Waals surface area contributed by atoms with Gasteiger partial charge in [-0.05, 0) is 130 Å². The zero-order valence-electron chi connectivity index (χ0n) is 53.4. The van der Waals surface area contributed by atoms with Crippen molar-refractivity contribution in [3.05, 3.63) is 202 Å². The van der Waals surface area contributed by atoms with Crippen LogP contribution in [0.1, 0.15) is 122 Å². The van der Waals surface area contributed by atoms with Gasteiger partial charge in [-0.15, -0.1) is 8.78 Å². The predicted molar refractivity (Wildman–Crippen MR) is 351 cm³/mol. The van der Waals surface area contributed by atoms with E-state index in [0.29, 0.717) is 67.1 Å². The van der Waals surface area contributed by atoms with Crippen LogP contribution in [0.4, 0.5) is 31.5 Å². The minimum absolute atomic E-state index is 0.00385. The monoisotopic (exact) mass is 1280 g/mol. The van der Waals surface area contributed by atoms with Crippen LogP contribution in [0.15, 0.2) is 158 Å². The maximum atomic E-state index is 13.4. The molecule has 4 amide bonds. The molecule has 20 heteroatoms. The summed E-state index contributed by atoms with van der Waals surface area (Å²) in [5.41, 5.74) is 10.9. The summed E-state index contributed by atoms with van der Waals surface area (Å²) in [5.74, 6) is 6.32. The van der Waals surface area contributed by atoms with E-state index in [-0.39, 0.29) is 72.0 Å². The quantitative estimate of drug-likeness (QED) is 0.0799. The molecule has 0 spiro atoms. The summed E-state index contributed by atoms with van der Waals surface area (Å²) in [6.45, 7) is 9.75. The molecule has 0 aromatic heterocycles. The Bertz CT molecular complexity index is 4090. The number of fused-ring (bicyclic) bond motifs is 6. The number of carbonyl (C=O) groups is 4. The van der Waals surface area contributed by atoms with Gasteiger partial charge < -0.3 is 68.6 Å². The van der Waals surface area contributed by atoms with Gasteiger partial charge in [0.05, 0.1) is 41.7 Å². The SMILES string of the molecule is CC(C)COc1ccccc1C1CC(=O)Nc2cc3c(cc21)OC(F)(F)O3.COc1ccc(C2CC(=O)Nc3cc4c(cc32)OCO4)cc1.COc1ccc(C2CC(=O)Nc3ccc(OC)cc32)cc1.COc1ccc2c(c1)C(c1ccccc1OCC(C)C)CC(=O)N2. The Labute approximate surface area is 544 Å². The van der Waals surface area contributed by atoms with Gasteiger partial charge in [-0.2, -0.15) is 0 Å². The van der Waals surface area contributed by atoms with Crippen molar-refractivity contribution in [2.75, 3.05) is 69.7 Å². The van der Waals surface area contributed by atoms with Gasteiger partial charge in [0.15, 0.2) is 23.0 Å². The molecule has 6 aliphatic heterocycles. The zero-order valence-corrected chi connectivity index (χ0v) is 53.4. The third-order valence-electron chi connectivity index (χ3n) is 16.6. The van der Waals surface area contributed by atoms with Crippen LogP contribution in [0.3, 0.4) is 0 Å². The van der Waals surface area contributed by atoms with Crippen molar-refractivity contribution in [1.82, 2.24) is 0 Å². The van der Waals surface area contributed by atoms with Crippen molar-refractivity contribution in [2.45, 2.75) is 83.3 Å². The number of para-hydroxylation sites is 2. The number of benzene rings is 8. The van der Waals surface area contributed by atoms with E-state index in [4.69, 9.17) is 37.9 Å². The average Bonchev–Trinajstić information content (AvgIpc) is 1.46. The van der Waals surface area contributed by atoms with Gasteiger partial charge in [-0.1, -0.05) is 88.4 Å². The Morgan fingerprint density at radius 2 is 0.745 bits per heavy atom. The molecule has 6 aliphatic rings. The lowest BCUT2D eigenvalue weighted by Crippen LogP contribution is -2.25. The van der Waals surface area contributed by atoms with Crippen molar-refractivity contribution in [3.8, 4) is 57.5 Å². The molecule has 4 atom stereocenters. The number of nitrogens with one attached hydrogen (secondary N) is 4. The standard InChI is InChI=1S/C20H19F2NO4.C20H23NO3.C17H15NO4.C17H17NO3/c1-11(2)10-25-16-6-4-3-5-12(16)13-8-19(24)23-15-9-18-17(7-14(13)15)26-20(21,22)27-18;1-13(2)12-24-19-7-5-4-6-15(19)16-11-20(22)21-18-9-8-14(23-3)10-17(16)18;1-20-11-4-2-10(3-5-11)12-7-17(19)18-14-8-16-15(6-13(12)14)21-9-22-16;1-20-12-5-3-11(4-6-12)14-10-17(19)18-16-8-7-13(21-2)9-15(14)16/h3-7,9,11,13H,8,10H2,1-2H3,(H,23,24);4-10,13,16H,11-12H2,1-3H3,(H,21,22);2-6,8,12H,7,9H2,1H3,(H,18,19);3-9,14H,10H2,1-2H3,(H,18,19). The normalized spacial score (nSPS) is 18.0. The second-order valence-corrected chi connectivity index (χ2v) is 24.0. The minimum atomic E-state index is -3.70. The van der Waals surface area contributed by atoms with Crippen LogP contribution in [0.5, 0.6) is 57.5 Å². The van der Waals surface area contributed by atoms with E-state index in [2.05, 4.69) is 44.6 Å². The second-order valence-electron chi connectivity index (χ2n) is 24.0. The molecule has 8 aromatic rings. The highest BCUT2D eigenvalue weighted by Gasteiger charge is 2.45. The van der Waals surface area contributed by atoms with E-state index < -0.39 is 6.29 Å². The summed E-state index contributed by atoms with van der Waals surface area (Å²) in [6, 6.07) is 49.3. The summed E-state index contributed by atoms with van der Waals surface area (Å²) in [4.78, 5) is 48.3. The highest BCUT2D eigenvalue weighted by atomic mass is 19.3. The van der Waals surface area contributed by atoms with Gasteiger partial charge in [0.2, 0.25) is 30.4 Å². The van der Waals surface area contributed by atoms with Crippen molar-refractivity contribution >= 4 is 46.4 Å². The largest absolute Gasteiger partial charge is 0.586 e. The number of halogens is 2. The maximum Gasteiger partial charge on any atom is 0.586 e. The summed E-state index contributed by atoms with van der Waals surface area (Å²) in [5, 5.41) is 11.5. The Hall–Kier alpha value is -10.5. The van der Waals surface area contributed by atoms with Crippen molar-refractivity contribution in [3.63, 3.8) is 0 Å². The van der Waals surface area contributed by atoms with E-state index >= 15 is 0 Å². The summed E-state index contributed by atoms with van der Waals surface area (Å²) in [6.07, 6.45) is -2.26. The first-order valence-corrected chi connectivity index (χ1v) is 31.0. The molecule has 4 N–H and O–H groups in total. The molecule has 0 radical (unpaired) electrons. The number of amides is 4. The molecule has 0 saturated carbocycles. The summed E-state index contributed by atoms with van der Waals surface area (Å²) >= 11 is 0. The number of methoxy groups -OCH3 is 4. The lowest BCUT2D eigenvalue weighted by molar-refractivity contribution is -0.286. The van der Waals surface area contributed by atoms with Gasteiger partial charge >= 0.3 is 6.29 Å². The molecular formula is C74H74F2N4O14. The van der Waals surface area contributed by atoms with Crippen LogP contribution in [0, 0.1) is 11.8 Å². The number of ether oxygens (including phenoxy) is 10. The van der Waals surface area contributed by atoms with E-state index in [1.807, 2.05) is 159 Å². The van der Waals surface area contributed by atoms with E-state index in [1.54, 1.807) is 28.4 Å². The number of anilines is 4. The van der Waals surface area contributed by atoms with Gasteiger partial charge in [-0.3, -0.25) is 19.2 Å². The molecule has 488 valence electrons. The van der Waals surface area contributed by atoms with Crippen molar-refractivity contribution in [1.29, 1.82) is 0 Å². The highest BCUT2D eigenvalue weighted by Crippen LogP contribution is 2.51. The molecule has 14 rings (SSSR count). The second kappa shape index (κ2) is 28.6. The lowest BCUT2D eigenvalue weighted by Gasteiger charge is -2.28.